The van der Waals surface area contributed by atoms with Gasteiger partial charge in [0, 0.05) is 34.0 Å². The highest BCUT2D eigenvalue weighted by molar-refractivity contribution is 8.00. The molecule has 3 N–H and O–H groups in total. The van der Waals surface area contributed by atoms with E-state index in [0.29, 0.717) is 34.0 Å². The first-order valence-electron chi connectivity index (χ1n) is 16.4. The molecule has 6 rings (SSSR count). The summed E-state index contributed by atoms with van der Waals surface area (Å²) >= 11 is 1.35. The predicted molar refractivity (Wildman–Crippen MR) is 207 cm³/mol. The Labute approximate surface area is 309 Å². The van der Waals surface area contributed by atoms with Gasteiger partial charge in [0.15, 0.2) is 0 Å². The van der Waals surface area contributed by atoms with Gasteiger partial charge in [-0.25, -0.2) is 0 Å². The zero-order valence-corrected chi connectivity index (χ0v) is 28.9. The molecule has 6 aromatic carbocycles. The van der Waals surface area contributed by atoms with E-state index in [9.17, 15) is 24.5 Å². The number of carbonyl (C=O) groups excluding carboxylic acids is 3. The fraction of sp³-hybridized carbons (Fsp3) is 0.0238. The lowest BCUT2D eigenvalue weighted by Gasteiger charge is -2.18. The van der Waals surface area contributed by atoms with Gasteiger partial charge in [0.25, 0.3) is 17.5 Å². The summed E-state index contributed by atoms with van der Waals surface area (Å²) in [6.45, 7) is 0. The van der Waals surface area contributed by atoms with Gasteiger partial charge in [-0.2, -0.15) is 0 Å². The molecule has 0 aliphatic rings. The lowest BCUT2D eigenvalue weighted by atomic mass is 10.1. The fourth-order valence-electron chi connectivity index (χ4n) is 5.09. The Morgan fingerprint density at radius 3 is 1.81 bits per heavy atom. The van der Waals surface area contributed by atoms with Crippen LogP contribution >= 0.6 is 11.8 Å². The second-order valence-corrected chi connectivity index (χ2v) is 12.7. The van der Waals surface area contributed by atoms with Gasteiger partial charge in [-0.3, -0.25) is 24.5 Å². The first-order chi connectivity index (χ1) is 25.8. The van der Waals surface area contributed by atoms with E-state index in [1.165, 1.54) is 42.1 Å². The minimum Gasteiger partial charge on any atom is -0.457 e. The number of thioether (sulfide) groups is 1. The maximum absolute atomic E-state index is 13.7. The number of anilines is 2. The molecule has 0 aromatic heterocycles. The van der Waals surface area contributed by atoms with Crippen LogP contribution in [0.3, 0.4) is 0 Å². The number of ether oxygens (including phenoxy) is 1. The molecule has 262 valence electrons. The number of nitro groups is 1. The van der Waals surface area contributed by atoms with Crippen molar-refractivity contribution >= 4 is 52.6 Å². The number of hydrogen-bond donors (Lipinski definition) is 3. The summed E-state index contributed by atoms with van der Waals surface area (Å²) < 4.78 is 5.87. The average molecular weight is 721 g/mol. The summed E-state index contributed by atoms with van der Waals surface area (Å²) in [5, 5.41) is 19.0. The topological polar surface area (TPSA) is 140 Å². The molecule has 6 aromatic rings. The molecule has 0 aliphatic carbocycles. The normalized spacial score (nSPS) is 11.5. The van der Waals surface area contributed by atoms with E-state index < -0.39 is 22.0 Å². The number of amides is 3. The van der Waals surface area contributed by atoms with Crippen LogP contribution in [0.1, 0.15) is 26.7 Å². The zero-order valence-electron chi connectivity index (χ0n) is 28.0. The first-order valence-corrected chi connectivity index (χ1v) is 17.3. The molecule has 0 bridgehead atoms. The van der Waals surface area contributed by atoms with Gasteiger partial charge < -0.3 is 20.7 Å². The maximum atomic E-state index is 13.7. The average Bonchev–Trinajstić information content (AvgIpc) is 3.19. The molecule has 1 unspecified atom stereocenters. The molecule has 10 nitrogen and oxygen atoms in total. The first kappa shape index (κ1) is 35.8. The molecule has 3 amide bonds. The number of benzene rings is 6. The summed E-state index contributed by atoms with van der Waals surface area (Å²) in [7, 11) is 0. The molecule has 0 fully saturated rings. The molecular formula is C42H32N4O6S. The van der Waals surface area contributed by atoms with Crippen LogP contribution in [0.25, 0.3) is 6.08 Å². The third kappa shape index (κ3) is 10.1. The summed E-state index contributed by atoms with van der Waals surface area (Å²) in [5.74, 6) is 0.0369. The standard InChI is InChI=1S/C42H32N4O6S/c47-40(31-12-6-2-7-13-31)45-38(28-29-16-22-34(23-17-29)46(50)51)41(48)43-33-20-26-37(27-21-33)53-39(30-10-4-1-5-11-30)42(49)44-32-18-24-36(25-19-32)52-35-14-8-3-9-15-35/h1-28,39H,(H,43,48)(H,44,49)(H,45,47)/b38-28-. The van der Waals surface area contributed by atoms with Crippen LogP contribution in [0.2, 0.25) is 0 Å². The van der Waals surface area contributed by atoms with Crippen molar-refractivity contribution in [3.8, 4) is 11.5 Å². The Bertz CT molecular complexity index is 2210. The quantitative estimate of drug-likeness (QED) is 0.0468. The number of nitrogens with zero attached hydrogens (tertiary/aromatic N) is 1. The Morgan fingerprint density at radius 2 is 1.19 bits per heavy atom. The molecule has 0 heterocycles. The summed E-state index contributed by atoms with van der Waals surface area (Å²) in [4.78, 5) is 51.6. The van der Waals surface area contributed by atoms with Crippen molar-refractivity contribution in [2.24, 2.45) is 0 Å². The molecule has 0 aliphatic heterocycles. The van der Waals surface area contributed by atoms with Gasteiger partial charge in [-0.05, 0) is 102 Å². The Hall–Kier alpha value is -6.98. The van der Waals surface area contributed by atoms with Crippen molar-refractivity contribution in [3.63, 3.8) is 0 Å². The molecular weight excluding hydrogens is 689 g/mol. The summed E-state index contributed by atoms with van der Waals surface area (Å²) in [6.07, 6.45) is 1.44. The Kier molecular flexibility index (Phi) is 11.7. The van der Waals surface area contributed by atoms with Crippen molar-refractivity contribution in [2.75, 3.05) is 10.6 Å². The van der Waals surface area contributed by atoms with Crippen molar-refractivity contribution in [1.82, 2.24) is 5.32 Å². The van der Waals surface area contributed by atoms with Crippen LogP contribution in [-0.2, 0) is 9.59 Å². The van der Waals surface area contributed by atoms with Gasteiger partial charge in [0.05, 0.1) is 4.92 Å². The predicted octanol–water partition coefficient (Wildman–Crippen LogP) is 9.27. The molecule has 0 saturated heterocycles. The van der Waals surface area contributed by atoms with Crippen molar-refractivity contribution in [1.29, 1.82) is 0 Å². The number of nitro benzene ring substituents is 1. The van der Waals surface area contributed by atoms with Crippen molar-refractivity contribution in [3.05, 3.63) is 196 Å². The highest BCUT2D eigenvalue weighted by atomic mass is 32.2. The van der Waals surface area contributed by atoms with Gasteiger partial charge >= 0.3 is 0 Å². The smallest absolute Gasteiger partial charge is 0.272 e. The van der Waals surface area contributed by atoms with Gasteiger partial charge in [0.2, 0.25) is 5.91 Å². The van der Waals surface area contributed by atoms with E-state index in [2.05, 4.69) is 16.0 Å². The number of nitrogens with one attached hydrogen (secondary N) is 3. The van der Waals surface area contributed by atoms with E-state index in [1.54, 1.807) is 78.9 Å². The van der Waals surface area contributed by atoms with Crippen molar-refractivity contribution < 1.29 is 24.0 Å². The monoisotopic (exact) mass is 720 g/mol. The van der Waals surface area contributed by atoms with Crippen molar-refractivity contribution in [2.45, 2.75) is 10.1 Å². The molecule has 53 heavy (non-hydrogen) atoms. The number of hydrogen-bond acceptors (Lipinski definition) is 7. The van der Waals surface area contributed by atoms with Gasteiger partial charge in [0.1, 0.15) is 22.4 Å². The minimum atomic E-state index is -0.602. The van der Waals surface area contributed by atoms with Crippen LogP contribution in [-0.4, -0.2) is 22.6 Å². The molecule has 0 spiro atoms. The Morgan fingerprint density at radius 1 is 0.642 bits per heavy atom. The third-order valence-electron chi connectivity index (χ3n) is 7.75. The number of carbonyl (C=O) groups is 3. The van der Waals surface area contributed by atoms with E-state index in [4.69, 9.17) is 4.74 Å². The largest absolute Gasteiger partial charge is 0.457 e. The fourth-order valence-corrected chi connectivity index (χ4v) is 6.12. The molecule has 0 radical (unpaired) electrons. The van der Waals surface area contributed by atoms with Crippen LogP contribution < -0.4 is 20.7 Å². The lowest BCUT2D eigenvalue weighted by molar-refractivity contribution is -0.384. The van der Waals surface area contributed by atoms with Crippen LogP contribution in [0.5, 0.6) is 11.5 Å². The zero-order chi connectivity index (χ0) is 37.0. The van der Waals surface area contributed by atoms with Crippen LogP contribution in [0.4, 0.5) is 17.1 Å². The molecule has 0 saturated carbocycles. The van der Waals surface area contributed by atoms with E-state index in [1.807, 2.05) is 60.7 Å². The van der Waals surface area contributed by atoms with E-state index >= 15 is 0 Å². The molecule has 1 atom stereocenters. The van der Waals surface area contributed by atoms with E-state index in [0.717, 1.165) is 10.5 Å². The van der Waals surface area contributed by atoms with E-state index in [-0.39, 0.29) is 17.3 Å². The maximum Gasteiger partial charge on any atom is 0.272 e. The minimum absolute atomic E-state index is 0.0633. The Balaban J connectivity index is 1.15. The number of non-ortho nitro benzene ring substituents is 1. The second-order valence-electron chi connectivity index (χ2n) is 11.5. The summed E-state index contributed by atoms with van der Waals surface area (Å²) in [5.41, 5.74) is 2.53. The number of rotatable bonds is 13. The van der Waals surface area contributed by atoms with Crippen LogP contribution in [0.15, 0.2) is 174 Å². The SMILES string of the molecule is O=C(Nc1ccc(SC(C(=O)Nc2ccc(Oc3ccccc3)cc2)c2ccccc2)cc1)/C(=C/c1ccc([N+](=O)[O-])cc1)NC(=O)c1ccccc1. The van der Waals surface area contributed by atoms with Gasteiger partial charge in [-0.1, -0.05) is 66.7 Å². The number of para-hydroxylation sites is 1. The van der Waals surface area contributed by atoms with Crippen LogP contribution in [0, 0.1) is 10.1 Å². The third-order valence-corrected chi connectivity index (χ3v) is 9.02. The highest BCUT2D eigenvalue weighted by Crippen LogP contribution is 2.37. The molecule has 11 heteroatoms. The second kappa shape index (κ2) is 17.3. The summed E-state index contributed by atoms with van der Waals surface area (Å²) in [6, 6.07) is 47.0. The highest BCUT2D eigenvalue weighted by Gasteiger charge is 2.23. The van der Waals surface area contributed by atoms with Gasteiger partial charge in [-0.15, -0.1) is 11.8 Å². The lowest BCUT2D eigenvalue weighted by Crippen LogP contribution is -2.30.